The molecule has 0 aliphatic carbocycles. The molecule has 0 radical (unpaired) electrons. The lowest BCUT2D eigenvalue weighted by atomic mass is 9.96. The SMILES string of the molecule is COC(=O)[C@H]1O[C@@H](NC(=O)c2ccc(F)cc2)[C@H](OC(C)=O)[C@@H](OC(C)=O)[C@@H]1OC(C)=O. The molecule has 174 valence electrons. The fourth-order valence-corrected chi connectivity index (χ4v) is 3.05. The first-order valence-corrected chi connectivity index (χ1v) is 9.34. The minimum absolute atomic E-state index is 0.0253. The molecule has 0 saturated carbocycles. The molecule has 32 heavy (non-hydrogen) atoms. The van der Waals surface area contributed by atoms with Crippen LogP contribution in [0.15, 0.2) is 24.3 Å². The normalized spacial score (nSPS) is 24.6. The van der Waals surface area contributed by atoms with Gasteiger partial charge in [-0.25, -0.2) is 9.18 Å². The van der Waals surface area contributed by atoms with Crippen molar-refractivity contribution in [3.8, 4) is 0 Å². The maximum Gasteiger partial charge on any atom is 0.339 e. The lowest BCUT2D eigenvalue weighted by Crippen LogP contribution is -2.67. The van der Waals surface area contributed by atoms with E-state index >= 15 is 0 Å². The van der Waals surface area contributed by atoms with Crippen LogP contribution in [0.25, 0.3) is 0 Å². The van der Waals surface area contributed by atoms with Crippen molar-refractivity contribution in [3.63, 3.8) is 0 Å². The Morgan fingerprint density at radius 1 is 0.844 bits per heavy atom. The summed E-state index contributed by atoms with van der Waals surface area (Å²) in [6, 6.07) is 4.49. The third kappa shape index (κ3) is 6.23. The molecule has 1 saturated heterocycles. The molecule has 5 atom stereocenters. The first-order chi connectivity index (χ1) is 15.0. The number of methoxy groups -OCH3 is 1. The Labute approximate surface area is 182 Å². The van der Waals surface area contributed by atoms with E-state index in [-0.39, 0.29) is 5.56 Å². The van der Waals surface area contributed by atoms with Crippen molar-refractivity contribution in [2.45, 2.75) is 51.4 Å². The molecule has 1 fully saturated rings. The van der Waals surface area contributed by atoms with Gasteiger partial charge >= 0.3 is 23.9 Å². The second-order valence-electron chi connectivity index (χ2n) is 6.70. The highest BCUT2D eigenvalue weighted by Crippen LogP contribution is 2.29. The second-order valence-corrected chi connectivity index (χ2v) is 6.70. The second kappa shape index (κ2) is 10.7. The van der Waals surface area contributed by atoms with Crippen LogP contribution >= 0.6 is 0 Å². The van der Waals surface area contributed by atoms with Gasteiger partial charge in [-0.15, -0.1) is 0 Å². The molecule has 0 bridgehead atoms. The minimum atomic E-state index is -1.64. The zero-order valence-electron chi connectivity index (χ0n) is 17.7. The van der Waals surface area contributed by atoms with Gasteiger partial charge in [0.1, 0.15) is 5.82 Å². The van der Waals surface area contributed by atoms with Crippen molar-refractivity contribution < 1.29 is 52.0 Å². The number of benzene rings is 1. The number of nitrogens with one attached hydrogen (secondary N) is 1. The predicted molar refractivity (Wildman–Crippen MR) is 101 cm³/mol. The summed E-state index contributed by atoms with van der Waals surface area (Å²) in [6.07, 6.45) is -7.76. The topological polar surface area (TPSA) is 144 Å². The van der Waals surface area contributed by atoms with Gasteiger partial charge < -0.3 is 29.0 Å². The van der Waals surface area contributed by atoms with Gasteiger partial charge in [0.15, 0.2) is 30.6 Å². The largest absolute Gasteiger partial charge is 0.467 e. The molecule has 12 heteroatoms. The van der Waals surface area contributed by atoms with Crippen molar-refractivity contribution in [1.82, 2.24) is 5.32 Å². The van der Waals surface area contributed by atoms with Crippen LogP contribution < -0.4 is 5.32 Å². The standard InChI is InChI=1S/C20H22FNO10/c1-9(23)29-14-15(30-10(2)24)17(20(27)28-4)32-19(16(14)31-11(3)25)22-18(26)12-5-7-13(21)8-6-12/h5-8,14-17,19H,1-4H3,(H,22,26)/t14-,15-,16+,17-,19+/m0/s1. The fraction of sp³-hybridized carbons (Fsp3) is 0.450. The minimum Gasteiger partial charge on any atom is -0.467 e. The Hall–Kier alpha value is -3.54. The Morgan fingerprint density at radius 3 is 1.84 bits per heavy atom. The molecule has 0 aromatic heterocycles. The van der Waals surface area contributed by atoms with Crippen LogP contribution in [0, 0.1) is 5.82 Å². The molecule has 2 rings (SSSR count). The van der Waals surface area contributed by atoms with Gasteiger partial charge in [0.25, 0.3) is 5.91 Å². The van der Waals surface area contributed by atoms with Crippen LogP contribution in [0.4, 0.5) is 4.39 Å². The number of ether oxygens (including phenoxy) is 5. The van der Waals surface area contributed by atoms with E-state index in [9.17, 15) is 28.4 Å². The maximum absolute atomic E-state index is 13.2. The quantitative estimate of drug-likeness (QED) is 0.468. The molecule has 11 nitrogen and oxygen atoms in total. The van der Waals surface area contributed by atoms with E-state index in [0.717, 1.165) is 40.0 Å². The van der Waals surface area contributed by atoms with Gasteiger partial charge in [-0.05, 0) is 24.3 Å². The number of esters is 4. The van der Waals surface area contributed by atoms with Gasteiger partial charge in [-0.3, -0.25) is 19.2 Å². The first-order valence-electron chi connectivity index (χ1n) is 9.34. The molecule has 0 unspecified atom stereocenters. The van der Waals surface area contributed by atoms with E-state index in [4.69, 9.17) is 18.9 Å². The summed E-state index contributed by atoms with van der Waals surface area (Å²) in [5.41, 5.74) is 0.0253. The highest BCUT2D eigenvalue weighted by molar-refractivity contribution is 5.94. The summed E-state index contributed by atoms with van der Waals surface area (Å²) < 4.78 is 38.9. The number of carbonyl (C=O) groups excluding carboxylic acids is 5. The summed E-state index contributed by atoms with van der Waals surface area (Å²) in [5.74, 6) is -4.88. The molecule has 1 amide bonds. The summed E-state index contributed by atoms with van der Waals surface area (Å²) in [6.45, 7) is 3.14. The van der Waals surface area contributed by atoms with Crippen LogP contribution in [0.2, 0.25) is 0 Å². The molecule has 1 aliphatic rings. The Morgan fingerprint density at radius 2 is 1.34 bits per heavy atom. The zero-order chi connectivity index (χ0) is 24.0. The van der Waals surface area contributed by atoms with Crippen molar-refractivity contribution in [2.24, 2.45) is 0 Å². The van der Waals surface area contributed by atoms with Gasteiger partial charge in [0.2, 0.25) is 0 Å². The third-order valence-corrected chi connectivity index (χ3v) is 4.26. The Balaban J connectivity index is 2.46. The smallest absolute Gasteiger partial charge is 0.339 e. The molecule has 1 N–H and O–H groups in total. The lowest BCUT2D eigenvalue weighted by molar-refractivity contribution is -0.251. The molecule has 1 heterocycles. The van der Waals surface area contributed by atoms with E-state index in [1.165, 1.54) is 12.1 Å². The molecule has 1 aromatic carbocycles. The summed E-state index contributed by atoms with van der Waals surface area (Å²) in [7, 11) is 1.04. The van der Waals surface area contributed by atoms with E-state index in [2.05, 4.69) is 10.1 Å². The average Bonchev–Trinajstić information content (AvgIpc) is 2.70. The lowest BCUT2D eigenvalue weighted by Gasteiger charge is -2.43. The van der Waals surface area contributed by atoms with Crippen LogP contribution in [-0.4, -0.2) is 67.5 Å². The van der Waals surface area contributed by atoms with E-state index < -0.39 is 66.2 Å². The number of halogens is 1. The number of amides is 1. The summed E-state index contributed by atoms with van der Waals surface area (Å²) in [5, 5.41) is 2.40. The third-order valence-electron chi connectivity index (χ3n) is 4.26. The van der Waals surface area contributed by atoms with Gasteiger partial charge in [0.05, 0.1) is 7.11 Å². The zero-order valence-corrected chi connectivity index (χ0v) is 17.7. The fourth-order valence-electron chi connectivity index (χ4n) is 3.05. The van der Waals surface area contributed by atoms with Crippen molar-refractivity contribution in [1.29, 1.82) is 0 Å². The number of carbonyl (C=O) groups is 5. The summed E-state index contributed by atoms with van der Waals surface area (Å²) >= 11 is 0. The van der Waals surface area contributed by atoms with Crippen molar-refractivity contribution in [2.75, 3.05) is 7.11 Å². The van der Waals surface area contributed by atoms with Gasteiger partial charge in [0, 0.05) is 26.3 Å². The highest BCUT2D eigenvalue weighted by Gasteiger charge is 2.55. The van der Waals surface area contributed by atoms with Gasteiger partial charge in [-0.2, -0.15) is 0 Å². The predicted octanol–water partition coefficient (Wildman–Crippen LogP) is 0.248. The highest BCUT2D eigenvalue weighted by atomic mass is 19.1. The van der Waals surface area contributed by atoms with E-state index in [1.54, 1.807) is 0 Å². The van der Waals surface area contributed by atoms with Crippen LogP contribution in [-0.2, 0) is 42.9 Å². The molecule has 1 aromatic rings. The average molecular weight is 455 g/mol. The number of hydrogen-bond acceptors (Lipinski definition) is 10. The van der Waals surface area contributed by atoms with Crippen molar-refractivity contribution in [3.05, 3.63) is 35.6 Å². The molecular formula is C20H22FNO10. The van der Waals surface area contributed by atoms with Gasteiger partial charge in [-0.1, -0.05) is 0 Å². The number of hydrogen-bond donors (Lipinski definition) is 1. The monoisotopic (exact) mass is 455 g/mol. The first kappa shape index (κ1) is 24.7. The van der Waals surface area contributed by atoms with E-state index in [1.807, 2.05) is 0 Å². The van der Waals surface area contributed by atoms with Crippen LogP contribution in [0.1, 0.15) is 31.1 Å². The summed E-state index contributed by atoms with van der Waals surface area (Å²) in [4.78, 5) is 60.0. The molecule has 1 aliphatic heterocycles. The van der Waals surface area contributed by atoms with Crippen LogP contribution in [0.3, 0.4) is 0 Å². The Bertz CT molecular complexity index is 887. The van der Waals surface area contributed by atoms with Crippen LogP contribution in [0.5, 0.6) is 0 Å². The number of rotatable bonds is 6. The molecular weight excluding hydrogens is 433 g/mol. The maximum atomic E-state index is 13.2. The Kier molecular flexibility index (Phi) is 8.24. The molecule has 0 spiro atoms. The van der Waals surface area contributed by atoms with E-state index in [0.29, 0.717) is 0 Å². The van der Waals surface area contributed by atoms with Crippen molar-refractivity contribution >= 4 is 29.8 Å².